The van der Waals surface area contributed by atoms with E-state index in [2.05, 4.69) is 39.4 Å². The monoisotopic (exact) mass is 492 g/mol. The number of aromatic nitrogens is 1. The van der Waals surface area contributed by atoms with Crippen molar-refractivity contribution >= 4 is 39.4 Å². The van der Waals surface area contributed by atoms with Gasteiger partial charge in [-0.3, -0.25) is 9.69 Å². The van der Waals surface area contributed by atoms with Crippen molar-refractivity contribution in [2.75, 3.05) is 44.2 Å². The third-order valence-corrected chi connectivity index (χ3v) is 8.26. The zero-order chi connectivity index (χ0) is 24.0. The zero-order valence-electron chi connectivity index (χ0n) is 20.0. The summed E-state index contributed by atoms with van der Waals surface area (Å²) in [7, 11) is 0. The minimum absolute atomic E-state index is 0.151. The van der Waals surface area contributed by atoms with Gasteiger partial charge in [-0.15, -0.1) is 0 Å². The van der Waals surface area contributed by atoms with Crippen molar-refractivity contribution in [3.63, 3.8) is 0 Å². The molecule has 0 spiro atoms. The molecule has 1 aromatic heterocycles. The maximum Gasteiger partial charge on any atom is 0.244 e. The number of piperazine rings is 1. The predicted octanol–water partition coefficient (Wildman–Crippen LogP) is 5.19. The van der Waals surface area contributed by atoms with Crippen LogP contribution in [-0.4, -0.2) is 54.4 Å². The van der Waals surface area contributed by atoms with Crippen LogP contribution in [0.1, 0.15) is 31.2 Å². The highest BCUT2D eigenvalue weighted by atomic mass is 32.1. The van der Waals surface area contributed by atoms with Crippen molar-refractivity contribution in [2.45, 2.75) is 25.7 Å². The number of rotatable bonds is 7. The van der Waals surface area contributed by atoms with Crippen molar-refractivity contribution in [3.8, 4) is 0 Å². The summed E-state index contributed by atoms with van der Waals surface area (Å²) in [6.07, 6.45) is 7.88. The SMILES string of the molecule is O=C(C=Cc1ccccc1F)NC[C@H]1CCCC[C@@H]1CN1CCN(c2nsc3ccccc23)CC1. The van der Waals surface area contributed by atoms with Crippen LogP contribution in [0.4, 0.5) is 10.2 Å². The Balaban J connectivity index is 1.11. The van der Waals surface area contributed by atoms with Gasteiger partial charge in [0.1, 0.15) is 11.6 Å². The van der Waals surface area contributed by atoms with Crippen LogP contribution in [-0.2, 0) is 4.79 Å². The number of hydrogen-bond donors (Lipinski definition) is 1. The van der Waals surface area contributed by atoms with Crippen molar-refractivity contribution in [1.82, 2.24) is 14.6 Å². The molecule has 2 fully saturated rings. The van der Waals surface area contributed by atoms with Crippen molar-refractivity contribution < 1.29 is 9.18 Å². The molecule has 184 valence electrons. The van der Waals surface area contributed by atoms with Gasteiger partial charge in [-0.1, -0.05) is 43.2 Å². The third-order valence-electron chi connectivity index (χ3n) is 7.45. The number of carbonyl (C=O) groups excluding carboxylic acids is 1. The average molecular weight is 493 g/mol. The first-order chi connectivity index (χ1) is 17.2. The third kappa shape index (κ3) is 5.90. The molecule has 0 radical (unpaired) electrons. The molecule has 3 aromatic rings. The fourth-order valence-corrected chi connectivity index (χ4v) is 6.23. The highest BCUT2D eigenvalue weighted by Crippen LogP contribution is 2.32. The van der Waals surface area contributed by atoms with Crippen LogP contribution in [0.15, 0.2) is 54.6 Å². The summed E-state index contributed by atoms with van der Waals surface area (Å²) in [6.45, 7) is 5.89. The van der Waals surface area contributed by atoms with E-state index in [1.165, 1.54) is 41.5 Å². The van der Waals surface area contributed by atoms with Gasteiger partial charge in [-0.2, -0.15) is 4.37 Å². The number of amides is 1. The lowest BCUT2D eigenvalue weighted by molar-refractivity contribution is -0.116. The second-order valence-corrected chi connectivity index (χ2v) is 10.5. The molecular weight excluding hydrogens is 459 g/mol. The summed E-state index contributed by atoms with van der Waals surface area (Å²) in [5.41, 5.74) is 0.433. The van der Waals surface area contributed by atoms with E-state index in [4.69, 9.17) is 4.37 Å². The summed E-state index contributed by atoms with van der Waals surface area (Å²) in [5.74, 6) is 1.77. The molecule has 1 saturated carbocycles. The molecule has 2 heterocycles. The first-order valence-corrected chi connectivity index (χ1v) is 13.5. The zero-order valence-corrected chi connectivity index (χ0v) is 20.9. The van der Waals surface area contributed by atoms with Crippen LogP contribution in [0.25, 0.3) is 16.2 Å². The first-order valence-electron chi connectivity index (χ1n) is 12.7. The quantitative estimate of drug-likeness (QED) is 0.461. The van der Waals surface area contributed by atoms with Crippen molar-refractivity contribution in [1.29, 1.82) is 0 Å². The summed E-state index contributed by atoms with van der Waals surface area (Å²) in [6, 6.07) is 15.0. The highest BCUT2D eigenvalue weighted by Gasteiger charge is 2.29. The van der Waals surface area contributed by atoms with E-state index in [1.54, 1.807) is 35.8 Å². The molecule has 0 unspecified atom stereocenters. The summed E-state index contributed by atoms with van der Waals surface area (Å²) >= 11 is 1.58. The van der Waals surface area contributed by atoms with Crippen LogP contribution < -0.4 is 10.2 Å². The van der Waals surface area contributed by atoms with Crippen LogP contribution >= 0.6 is 11.5 Å². The minimum atomic E-state index is -0.313. The Morgan fingerprint density at radius 2 is 1.77 bits per heavy atom. The fourth-order valence-electron chi connectivity index (χ4n) is 5.43. The Bertz CT molecular complexity index is 1170. The Hall–Kier alpha value is -2.77. The van der Waals surface area contributed by atoms with Gasteiger partial charge in [0.15, 0.2) is 0 Å². The molecule has 2 atom stereocenters. The van der Waals surface area contributed by atoms with E-state index < -0.39 is 0 Å². The first kappa shape index (κ1) is 23.9. The van der Waals surface area contributed by atoms with E-state index in [-0.39, 0.29) is 11.7 Å². The van der Waals surface area contributed by atoms with E-state index in [1.807, 2.05) is 0 Å². The van der Waals surface area contributed by atoms with Gasteiger partial charge in [0, 0.05) is 56.3 Å². The Morgan fingerprint density at radius 1 is 1.03 bits per heavy atom. The molecule has 1 aliphatic carbocycles. The normalized spacial score (nSPS) is 21.6. The lowest BCUT2D eigenvalue weighted by atomic mass is 9.78. The van der Waals surface area contributed by atoms with Crippen molar-refractivity contribution in [2.24, 2.45) is 11.8 Å². The Kier molecular flexibility index (Phi) is 7.74. The van der Waals surface area contributed by atoms with Gasteiger partial charge in [0.25, 0.3) is 0 Å². The molecule has 1 aliphatic heterocycles. The molecule has 2 aliphatic rings. The van der Waals surface area contributed by atoms with Gasteiger partial charge in [-0.25, -0.2) is 4.39 Å². The smallest absolute Gasteiger partial charge is 0.244 e. The molecule has 7 heteroatoms. The number of anilines is 1. The predicted molar refractivity (Wildman–Crippen MR) is 142 cm³/mol. The van der Waals surface area contributed by atoms with E-state index >= 15 is 0 Å². The summed E-state index contributed by atoms with van der Waals surface area (Å²) < 4.78 is 19.8. The molecule has 5 rings (SSSR count). The molecule has 1 N–H and O–H groups in total. The second-order valence-electron chi connectivity index (χ2n) is 9.69. The maximum atomic E-state index is 13.8. The number of nitrogens with zero attached hydrogens (tertiary/aromatic N) is 3. The molecular formula is C28H33FN4OS. The van der Waals surface area contributed by atoms with Crippen LogP contribution in [0.2, 0.25) is 0 Å². The van der Waals surface area contributed by atoms with Gasteiger partial charge in [0.05, 0.1) is 4.70 Å². The van der Waals surface area contributed by atoms with Gasteiger partial charge in [0.2, 0.25) is 5.91 Å². The van der Waals surface area contributed by atoms with Crippen molar-refractivity contribution in [3.05, 3.63) is 66.0 Å². The number of nitrogens with one attached hydrogen (secondary N) is 1. The van der Waals surface area contributed by atoms with Gasteiger partial charge >= 0.3 is 0 Å². The molecule has 1 amide bonds. The lowest BCUT2D eigenvalue weighted by Crippen LogP contribution is -2.49. The molecule has 5 nitrogen and oxygen atoms in total. The van der Waals surface area contributed by atoms with Crippen LogP contribution in [0.3, 0.4) is 0 Å². The average Bonchev–Trinajstić information content (AvgIpc) is 3.32. The summed E-state index contributed by atoms with van der Waals surface area (Å²) in [5, 5.41) is 4.33. The minimum Gasteiger partial charge on any atom is -0.353 e. The number of fused-ring (bicyclic) bond motifs is 1. The standard InChI is InChI=1S/C28H33FN4OS/c29-25-11-5-3-7-21(25)13-14-27(34)30-19-22-8-1-2-9-23(22)20-32-15-17-33(18-16-32)28-24-10-4-6-12-26(24)35-31-28/h3-7,10-14,22-23H,1-2,8-9,15-20H2,(H,30,34)/t22-,23-/m1/s1. The molecule has 2 aromatic carbocycles. The Morgan fingerprint density at radius 3 is 2.60 bits per heavy atom. The lowest BCUT2D eigenvalue weighted by Gasteiger charge is -2.40. The van der Waals surface area contributed by atoms with Crippen LogP contribution in [0.5, 0.6) is 0 Å². The maximum absolute atomic E-state index is 13.8. The molecule has 1 saturated heterocycles. The summed E-state index contributed by atoms with van der Waals surface area (Å²) in [4.78, 5) is 17.4. The van der Waals surface area contributed by atoms with E-state index in [0.717, 1.165) is 45.0 Å². The number of halogens is 1. The van der Waals surface area contributed by atoms with Gasteiger partial charge < -0.3 is 10.2 Å². The molecule has 0 bridgehead atoms. The topological polar surface area (TPSA) is 48.5 Å². The fraction of sp³-hybridized carbons (Fsp3) is 0.429. The second kappa shape index (κ2) is 11.3. The Labute approximate surface area is 210 Å². The van der Waals surface area contributed by atoms with Crippen LogP contribution in [0, 0.1) is 17.7 Å². The number of benzene rings is 2. The molecule has 35 heavy (non-hydrogen) atoms. The van der Waals surface area contributed by atoms with E-state index in [0.29, 0.717) is 23.9 Å². The highest BCUT2D eigenvalue weighted by molar-refractivity contribution is 7.13. The largest absolute Gasteiger partial charge is 0.353 e. The number of carbonyl (C=O) groups is 1. The number of hydrogen-bond acceptors (Lipinski definition) is 5. The van der Waals surface area contributed by atoms with Gasteiger partial charge in [-0.05, 0) is 60.5 Å². The van der Waals surface area contributed by atoms with E-state index in [9.17, 15) is 9.18 Å².